The molecular formula is C34H27NO4. The van der Waals surface area contributed by atoms with Crippen molar-refractivity contribution in [3.05, 3.63) is 137 Å². The van der Waals surface area contributed by atoms with Crippen molar-refractivity contribution in [2.45, 2.75) is 26.1 Å². The van der Waals surface area contributed by atoms with Gasteiger partial charge in [-0.2, -0.15) is 0 Å². The van der Waals surface area contributed by atoms with Crippen LogP contribution in [-0.2, 0) is 17.9 Å². The van der Waals surface area contributed by atoms with Crippen LogP contribution < -0.4 is 10.4 Å². The van der Waals surface area contributed by atoms with E-state index in [1.165, 1.54) is 0 Å². The zero-order valence-corrected chi connectivity index (χ0v) is 21.5. The molecular weight excluding hydrogens is 486 g/mol. The van der Waals surface area contributed by atoms with E-state index in [2.05, 4.69) is 29.2 Å². The standard InChI is InChI=1S/C34H27NO4/c1-23(35(21-24-10-4-2-5-11-24)22-25-12-6-3-7-13-25)33(36)38-27-17-19-30-31(20-27)29-18-16-26-14-8-9-15-28(26)32(29)39-34(30)37/h2-20,23H,21-22H2,1H3/t23-/m0/s1. The summed E-state index contributed by atoms with van der Waals surface area (Å²) in [6.07, 6.45) is 0. The van der Waals surface area contributed by atoms with E-state index in [4.69, 9.17) is 9.15 Å². The molecule has 0 unspecified atom stereocenters. The van der Waals surface area contributed by atoms with E-state index in [0.29, 0.717) is 35.2 Å². The summed E-state index contributed by atoms with van der Waals surface area (Å²) in [5.41, 5.74) is 2.34. The quantitative estimate of drug-likeness (QED) is 0.0987. The number of hydrogen-bond acceptors (Lipinski definition) is 5. The van der Waals surface area contributed by atoms with Crippen molar-refractivity contribution >= 4 is 38.5 Å². The van der Waals surface area contributed by atoms with E-state index >= 15 is 0 Å². The summed E-state index contributed by atoms with van der Waals surface area (Å²) in [6.45, 7) is 3.07. The minimum absolute atomic E-state index is 0.362. The molecule has 0 N–H and O–H groups in total. The van der Waals surface area contributed by atoms with Gasteiger partial charge >= 0.3 is 11.6 Å². The molecule has 0 fully saturated rings. The van der Waals surface area contributed by atoms with Crippen molar-refractivity contribution in [3.8, 4) is 5.75 Å². The summed E-state index contributed by atoms with van der Waals surface area (Å²) in [7, 11) is 0. The monoisotopic (exact) mass is 513 g/mol. The lowest BCUT2D eigenvalue weighted by Crippen LogP contribution is -2.40. The molecule has 0 aliphatic carbocycles. The number of benzene rings is 5. The van der Waals surface area contributed by atoms with Crippen LogP contribution in [0.1, 0.15) is 18.1 Å². The molecule has 5 nitrogen and oxygen atoms in total. The number of nitrogens with zero attached hydrogens (tertiary/aromatic N) is 1. The topological polar surface area (TPSA) is 59.8 Å². The molecule has 0 aliphatic rings. The minimum Gasteiger partial charge on any atom is -0.425 e. The molecule has 0 amide bonds. The van der Waals surface area contributed by atoms with E-state index in [1.54, 1.807) is 18.2 Å². The molecule has 0 saturated heterocycles. The third-order valence-corrected chi connectivity index (χ3v) is 7.14. The SMILES string of the molecule is C[C@@H](C(=O)Oc1ccc2c(=O)oc3c4ccccc4ccc3c2c1)N(Cc1ccccc1)Cc1ccccc1. The van der Waals surface area contributed by atoms with Gasteiger partial charge in [-0.1, -0.05) is 91.0 Å². The fourth-order valence-corrected chi connectivity index (χ4v) is 5.02. The van der Waals surface area contributed by atoms with Crippen molar-refractivity contribution in [3.63, 3.8) is 0 Å². The van der Waals surface area contributed by atoms with Gasteiger partial charge in [0, 0.05) is 29.2 Å². The van der Waals surface area contributed by atoms with Gasteiger partial charge in [0.15, 0.2) is 0 Å². The second kappa shape index (κ2) is 10.6. The number of carbonyl (C=O) groups is 1. The predicted octanol–water partition coefficient (Wildman–Crippen LogP) is 7.10. The first-order chi connectivity index (χ1) is 19.1. The molecule has 1 heterocycles. The zero-order chi connectivity index (χ0) is 26.8. The van der Waals surface area contributed by atoms with Crippen LogP contribution >= 0.6 is 0 Å². The van der Waals surface area contributed by atoms with Gasteiger partial charge in [-0.25, -0.2) is 9.59 Å². The number of fused-ring (bicyclic) bond motifs is 5. The number of hydrogen-bond donors (Lipinski definition) is 0. The van der Waals surface area contributed by atoms with Crippen LogP contribution in [-0.4, -0.2) is 16.9 Å². The van der Waals surface area contributed by atoms with Crippen molar-refractivity contribution in [1.82, 2.24) is 4.90 Å². The van der Waals surface area contributed by atoms with E-state index in [1.807, 2.05) is 79.7 Å². The Balaban J connectivity index is 1.32. The third-order valence-electron chi connectivity index (χ3n) is 7.14. The highest BCUT2D eigenvalue weighted by molar-refractivity contribution is 6.14. The Morgan fingerprint density at radius 3 is 2.03 bits per heavy atom. The molecule has 39 heavy (non-hydrogen) atoms. The highest BCUT2D eigenvalue weighted by atomic mass is 16.5. The summed E-state index contributed by atoms with van der Waals surface area (Å²) < 4.78 is 11.6. The van der Waals surface area contributed by atoms with Gasteiger partial charge in [0.05, 0.1) is 5.39 Å². The van der Waals surface area contributed by atoms with Crippen LogP contribution in [0.4, 0.5) is 0 Å². The lowest BCUT2D eigenvalue weighted by atomic mass is 10.0. The van der Waals surface area contributed by atoms with Gasteiger partial charge in [-0.3, -0.25) is 4.90 Å². The summed E-state index contributed by atoms with van der Waals surface area (Å²) in [5.74, 6) is 0.0257. The lowest BCUT2D eigenvalue weighted by molar-refractivity contribution is -0.140. The first-order valence-corrected chi connectivity index (χ1v) is 13.0. The van der Waals surface area contributed by atoms with Gasteiger partial charge in [0.1, 0.15) is 17.4 Å². The Kier molecular flexibility index (Phi) is 6.66. The van der Waals surface area contributed by atoms with Crippen molar-refractivity contribution in [2.75, 3.05) is 0 Å². The minimum atomic E-state index is -0.511. The Morgan fingerprint density at radius 2 is 1.33 bits per heavy atom. The first-order valence-electron chi connectivity index (χ1n) is 13.0. The van der Waals surface area contributed by atoms with Gasteiger partial charge in [-0.15, -0.1) is 0 Å². The van der Waals surface area contributed by atoms with Crippen LogP contribution in [0.3, 0.4) is 0 Å². The molecule has 0 spiro atoms. The molecule has 0 bridgehead atoms. The van der Waals surface area contributed by atoms with Crippen molar-refractivity contribution in [2.24, 2.45) is 0 Å². The maximum Gasteiger partial charge on any atom is 0.344 e. The normalized spacial score (nSPS) is 12.3. The molecule has 5 heteroatoms. The van der Waals surface area contributed by atoms with Crippen LogP contribution in [0.15, 0.2) is 124 Å². The Labute approximate surface area is 225 Å². The molecule has 192 valence electrons. The molecule has 0 saturated carbocycles. The van der Waals surface area contributed by atoms with E-state index in [-0.39, 0.29) is 5.97 Å². The van der Waals surface area contributed by atoms with Crippen molar-refractivity contribution in [1.29, 1.82) is 0 Å². The Hall–Kier alpha value is -4.74. The predicted molar refractivity (Wildman–Crippen MR) is 155 cm³/mol. The summed E-state index contributed by atoms with van der Waals surface area (Å²) in [5, 5.41) is 3.78. The molecule has 5 aromatic carbocycles. The Morgan fingerprint density at radius 1 is 0.718 bits per heavy atom. The van der Waals surface area contributed by atoms with Crippen LogP contribution in [0.5, 0.6) is 5.75 Å². The molecule has 6 rings (SSSR count). The number of rotatable bonds is 7. The second-order valence-electron chi connectivity index (χ2n) is 9.73. The van der Waals surface area contributed by atoms with E-state index in [0.717, 1.165) is 27.3 Å². The molecule has 0 radical (unpaired) electrons. The summed E-state index contributed by atoms with van der Waals surface area (Å²) in [4.78, 5) is 28.4. The fraction of sp³-hybridized carbons (Fsp3) is 0.118. The van der Waals surface area contributed by atoms with Gasteiger partial charge < -0.3 is 9.15 Å². The van der Waals surface area contributed by atoms with E-state index < -0.39 is 11.7 Å². The second-order valence-corrected chi connectivity index (χ2v) is 9.73. The first kappa shape index (κ1) is 24.6. The third kappa shape index (κ3) is 5.05. The zero-order valence-electron chi connectivity index (χ0n) is 21.5. The van der Waals surface area contributed by atoms with Crippen LogP contribution in [0.25, 0.3) is 32.5 Å². The fourth-order valence-electron chi connectivity index (χ4n) is 5.02. The average Bonchev–Trinajstić information content (AvgIpc) is 2.97. The summed E-state index contributed by atoms with van der Waals surface area (Å²) >= 11 is 0. The van der Waals surface area contributed by atoms with Crippen LogP contribution in [0.2, 0.25) is 0 Å². The molecule has 0 aliphatic heterocycles. The maximum absolute atomic E-state index is 13.4. The molecule has 1 atom stereocenters. The largest absolute Gasteiger partial charge is 0.425 e. The average molecular weight is 514 g/mol. The Bertz CT molecular complexity index is 1800. The maximum atomic E-state index is 13.4. The van der Waals surface area contributed by atoms with Crippen LogP contribution in [0, 0.1) is 0 Å². The number of esters is 1. The molecule has 6 aromatic rings. The molecule has 1 aromatic heterocycles. The van der Waals surface area contributed by atoms with Gasteiger partial charge in [-0.05, 0) is 47.7 Å². The van der Waals surface area contributed by atoms with Gasteiger partial charge in [0.2, 0.25) is 0 Å². The van der Waals surface area contributed by atoms with Gasteiger partial charge in [0.25, 0.3) is 0 Å². The van der Waals surface area contributed by atoms with Crippen molar-refractivity contribution < 1.29 is 13.9 Å². The lowest BCUT2D eigenvalue weighted by Gasteiger charge is -2.28. The highest BCUT2D eigenvalue weighted by Crippen LogP contribution is 2.31. The highest BCUT2D eigenvalue weighted by Gasteiger charge is 2.24. The number of carbonyl (C=O) groups excluding carboxylic acids is 1. The summed E-state index contributed by atoms with van der Waals surface area (Å²) in [6, 6.07) is 36.5. The smallest absolute Gasteiger partial charge is 0.344 e. The number of ether oxygens (including phenoxy) is 1. The van der Waals surface area contributed by atoms with E-state index in [9.17, 15) is 9.59 Å².